The molecule has 0 bridgehead atoms. The highest BCUT2D eigenvalue weighted by atomic mass is 19.2. The van der Waals surface area contributed by atoms with Crippen molar-refractivity contribution in [2.75, 3.05) is 0 Å². The molecule has 7 heteroatoms. The molecule has 1 aliphatic carbocycles. The van der Waals surface area contributed by atoms with Gasteiger partial charge in [0, 0.05) is 6.07 Å². The van der Waals surface area contributed by atoms with Crippen molar-refractivity contribution in [3.05, 3.63) is 34.9 Å². The van der Waals surface area contributed by atoms with Crippen LogP contribution in [0, 0.1) is 51.9 Å². The summed E-state index contributed by atoms with van der Waals surface area (Å²) in [5.74, 6) is -8.43. The lowest BCUT2D eigenvalue weighted by Gasteiger charge is -2.08. The lowest BCUT2D eigenvalue weighted by atomic mass is 10.1. The number of ether oxygens (including phenoxy) is 1. The first kappa shape index (κ1) is 15.3. The highest BCUT2D eigenvalue weighted by Crippen LogP contribution is 2.58. The second-order valence-corrected chi connectivity index (χ2v) is 5.46. The summed E-state index contributed by atoms with van der Waals surface area (Å²) in [5, 5.41) is 8.83. The van der Waals surface area contributed by atoms with Crippen LogP contribution in [0.3, 0.4) is 0 Å². The molecule has 2 rings (SSSR count). The van der Waals surface area contributed by atoms with Crippen LogP contribution < -0.4 is 0 Å². The van der Waals surface area contributed by atoms with Gasteiger partial charge in [0.25, 0.3) is 0 Å². The molecule has 1 saturated carbocycles. The van der Waals surface area contributed by atoms with E-state index in [4.69, 9.17) is 5.26 Å². The Morgan fingerprint density at radius 3 is 2.24 bits per heavy atom. The second kappa shape index (κ2) is 5.02. The van der Waals surface area contributed by atoms with Crippen LogP contribution in [0.25, 0.3) is 0 Å². The van der Waals surface area contributed by atoms with Crippen LogP contribution in [-0.2, 0) is 16.1 Å². The fourth-order valence-electron chi connectivity index (χ4n) is 2.30. The summed E-state index contributed by atoms with van der Waals surface area (Å²) in [7, 11) is 0. The fourth-order valence-corrected chi connectivity index (χ4v) is 2.30. The van der Waals surface area contributed by atoms with Crippen molar-refractivity contribution in [3.63, 3.8) is 0 Å². The molecule has 1 aliphatic rings. The van der Waals surface area contributed by atoms with E-state index in [-0.39, 0.29) is 6.07 Å². The number of carbonyl (C=O) groups is 1. The van der Waals surface area contributed by atoms with Gasteiger partial charge in [-0.15, -0.1) is 0 Å². The van der Waals surface area contributed by atoms with Crippen molar-refractivity contribution >= 4 is 5.97 Å². The summed E-state index contributed by atoms with van der Waals surface area (Å²) >= 11 is 0. The van der Waals surface area contributed by atoms with Gasteiger partial charge in [0.15, 0.2) is 23.3 Å². The highest BCUT2D eigenvalue weighted by molar-refractivity contribution is 5.78. The van der Waals surface area contributed by atoms with Crippen LogP contribution in [-0.4, -0.2) is 5.97 Å². The van der Waals surface area contributed by atoms with Crippen molar-refractivity contribution < 1.29 is 27.1 Å². The minimum atomic E-state index is -1.60. The Kier molecular flexibility index (Phi) is 3.66. The third-order valence-corrected chi connectivity index (χ3v) is 3.78. The normalized spacial score (nSPS) is 22.5. The maximum absolute atomic E-state index is 13.4. The Hall–Kier alpha value is -2.10. The largest absolute Gasteiger partial charge is 0.460 e. The number of hydrogen-bond acceptors (Lipinski definition) is 3. The van der Waals surface area contributed by atoms with Crippen molar-refractivity contribution in [1.82, 2.24) is 0 Å². The molecule has 1 aromatic carbocycles. The molecule has 2 atom stereocenters. The van der Waals surface area contributed by atoms with Crippen LogP contribution in [0.1, 0.15) is 19.4 Å². The first-order chi connectivity index (χ1) is 9.71. The van der Waals surface area contributed by atoms with E-state index in [9.17, 15) is 22.4 Å². The lowest BCUT2D eigenvalue weighted by Crippen LogP contribution is -2.13. The zero-order chi connectivity index (χ0) is 15.9. The van der Waals surface area contributed by atoms with Gasteiger partial charge in [0.1, 0.15) is 6.61 Å². The molecule has 0 amide bonds. The van der Waals surface area contributed by atoms with Gasteiger partial charge in [-0.25, -0.2) is 17.6 Å². The molecule has 0 saturated heterocycles. The third kappa shape index (κ3) is 2.46. The van der Waals surface area contributed by atoms with Gasteiger partial charge in [-0.1, -0.05) is 13.8 Å². The van der Waals surface area contributed by atoms with Crippen LogP contribution in [0.2, 0.25) is 0 Å². The summed E-state index contributed by atoms with van der Waals surface area (Å²) in [6.07, 6.45) is 0. The zero-order valence-electron chi connectivity index (χ0n) is 11.2. The van der Waals surface area contributed by atoms with Crippen LogP contribution in [0.5, 0.6) is 0 Å². The van der Waals surface area contributed by atoms with Crippen molar-refractivity contribution in [1.29, 1.82) is 5.26 Å². The number of esters is 1. The van der Waals surface area contributed by atoms with E-state index in [1.165, 1.54) is 0 Å². The Morgan fingerprint density at radius 1 is 1.29 bits per heavy atom. The van der Waals surface area contributed by atoms with Gasteiger partial charge in [0.2, 0.25) is 0 Å². The van der Waals surface area contributed by atoms with E-state index in [0.29, 0.717) is 0 Å². The predicted octanol–water partition coefficient (Wildman–Crippen LogP) is 3.08. The number of nitriles is 1. The highest BCUT2D eigenvalue weighted by Gasteiger charge is 2.63. The van der Waals surface area contributed by atoms with Gasteiger partial charge in [-0.05, 0) is 5.41 Å². The van der Waals surface area contributed by atoms with Gasteiger partial charge in [-0.3, -0.25) is 4.79 Å². The number of benzene rings is 1. The van der Waals surface area contributed by atoms with E-state index in [0.717, 1.165) is 0 Å². The summed E-state index contributed by atoms with van der Waals surface area (Å²) in [5.41, 5.74) is -1.58. The molecule has 0 aliphatic heterocycles. The van der Waals surface area contributed by atoms with Gasteiger partial charge in [-0.2, -0.15) is 5.26 Å². The third-order valence-electron chi connectivity index (χ3n) is 3.78. The Balaban J connectivity index is 2.12. The molecule has 0 unspecified atom stereocenters. The number of halogens is 4. The average molecular weight is 301 g/mol. The molecule has 0 heterocycles. The van der Waals surface area contributed by atoms with E-state index in [2.05, 4.69) is 4.74 Å². The summed E-state index contributed by atoms with van der Waals surface area (Å²) in [4.78, 5) is 11.8. The summed E-state index contributed by atoms with van der Waals surface area (Å²) in [6, 6.07) is 2.01. The SMILES string of the molecule is CC1(C)[C@H](C(=O)OCc2c(F)c(F)cc(F)c2F)[C@@H]1C#N. The molecule has 3 nitrogen and oxygen atoms in total. The first-order valence-electron chi connectivity index (χ1n) is 6.10. The Labute approximate surface area is 118 Å². The maximum atomic E-state index is 13.4. The standard InChI is InChI=1S/C14H11F4NO2/c1-14(2)7(4-19)10(14)13(20)21-5-6-11(17)8(15)3-9(16)12(6)18/h3,7,10H,5H2,1-2H3/t7-,10-/m0/s1. The average Bonchev–Trinajstić information content (AvgIpc) is 2.98. The zero-order valence-corrected chi connectivity index (χ0v) is 11.2. The smallest absolute Gasteiger partial charge is 0.311 e. The van der Waals surface area contributed by atoms with Gasteiger partial charge >= 0.3 is 5.97 Å². The minimum absolute atomic E-state index is 0.0751. The number of carbonyl (C=O) groups excluding carboxylic acids is 1. The Morgan fingerprint density at radius 2 is 1.81 bits per heavy atom. The maximum Gasteiger partial charge on any atom is 0.311 e. The fraction of sp³-hybridized carbons (Fsp3) is 0.429. The molecular formula is C14H11F4NO2. The summed E-state index contributed by atoms with van der Waals surface area (Å²) in [6.45, 7) is 2.42. The minimum Gasteiger partial charge on any atom is -0.460 e. The van der Waals surface area contributed by atoms with E-state index in [1.54, 1.807) is 13.8 Å². The predicted molar refractivity (Wildman–Crippen MR) is 62.4 cm³/mol. The quantitative estimate of drug-likeness (QED) is 0.490. The molecule has 1 aromatic rings. The molecule has 0 radical (unpaired) electrons. The molecule has 21 heavy (non-hydrogen) atoms. The Bertz CT molecular complexity index is 625. The van der Waals surface area contributed by atoms with Gasteiger partial charge < -0.3 is 4.74 Å². The van der Waals surface area contributed by atoms with Crippen molar-refractivity contribution in [2.24, 2.45) is 17.3 Å². The van der Waals surface area contributed by atoms with E-state index in [1.807, 2.05) is 6.07 Å². The van der Waals surface area contributed by atoms with Crippen LogP contribution in [0.15, 0.2) is 6.07 Å². The molecule has 112 valence electrons. The second-order valence-electron chi connectivity index (χ2n) is 5.46. The monoisotopic (exact) mass is 301 g/mol. The van der Waals surface area contributed by atoms with E-state index >= 15 is 0 Å². The topological polar surface area (TPSA) is 50.1 Å². The summed E-state index contributed by atoms with van der Waals surface area (Å²) < 4.78 is 57.4. The molecule has 0 spiro atoms. The van der Waals surface area contributed by atoms with Crippen molar-refractivity contribution in [3.8, 4) is 6.07 Å². The number of rotatable bonds is 3. The molecule has 0 aromatic heterocycles. The first-order valence-corrected chi connectivity index (χ1v) is 6.10. The van der Waals surface area contributed by atoms with Gasteiger partial charge in [0.05, 0.1) is 23.5 Å². The lowest BCUT2D eigenvalue weighted by molar-refractivity contribution is -0.147. The molecule has 0 N–H and O–H groups in total. The van der Waals surface area contributed by atoms with E-state index < -0.39 is 58.7 Å². The molecule has 1 fully saturated rings. The van der Waals surface area contributed by atoms with Crippen LogP contribution in [0.4, 0.5) is 17.6 Å². The van der Waals surface area contributed by atoms with Crippen LogP contribution >= 0.6 is 0 Å². The molecular weight excluding hydrogens is 290 g/mol. The number of nitrogens with zero attached hydrogens (tertiary/aromatic N) is 1. The number of hydrogen-bond donors (Lipinski definition) is 0. The van der Waals surface area contributed by atoms with Crippen molar-refractivity contribution in [2.45, 2.75) is 20.5 Å².